The molecule has 0 radical (unpaired) electrons. The molecule has 0 saturated heterocycles. The first-order chi connectivity index (χ1) is 15.6. The van der Waals surface area contributed by atoms with Crippen LogP contribution in [-0.4, -0.2) is 36.5 Å². The monoisotopic (exact) mass is 436 g/mol. The number of nitrogens with zero attached hydrogens (tertiary/aromatic N) is 1. The lowest BCUT2D eigenvalue weighted by Gasteiger charge is -2.30. The fourth-order valence-electron chi connectivity index (χ4n) is 4.81. The molecule has 1 heterocycles. The predicted molar refractivity (Wildman–Crippen MR) is 123 cm³/mol. The van der Waals surface area contributed by atoms with Crippen molar-refractivity contribution >= 4 is 11.8 Å². The van der Waals surface area contributed by atoms with Crippen molar-refractivity contribution in [2.45, 2.75) is 64.1 Å². The van der Waals surface area contributed by atoms with Gasteiger partial charge in [0.1, 0.15) is 0 Å². The highest BCUT2D eigenvalue weighted by Gasteiger charge is 2.35. The molecule has 0 unspecified atom stereocenters. The maximum absolute atomic E-state index is 13.2. The summed E-state index contributed by atoms with van der Waals surface area (Å²) in [5.41, 5.74) is 2.57. The Morgan fingerprint density at radius 3 is 2.62 bits per heavy atom. The third-order valence-corrected chi connectivity index (χ3v) is 6.45. The zero-order valence-corrected chi connectivity index (χ0v) is 18.9. The van der Waals surface area contributed by atoms with Gasteiger partial charge in [0.25, 0.3) is 5.91 Å². The van der Waals surface area contributed by atoms with Gasteiger partial charge in [0.15, 0.2) is 11.5 Å². The maximum atomic E-state index is 13.2. The molecule has 4 rings (SSSR count). The number of carbonyl (C=O) groups excluding carboxylic acids is 2. The smallest absolute Gasteiger partial charge is 0.255 e. The first-order valence-corrected chi connectivity index (χ1v) is 11.6. The number of fused-ring (bicyclic) bond motifs is 1. The number of hydrogen-bond donors (Lipinski definition) is 1. The van der Waals surface area contributed by atoms with Gasteiger partial charge in [-0.3, -0.25) is 9.59 Å². The summed E-state index contributed by atoms with van der Waals surface area (Å²) in [6.45, 7) is 2.95. The molecule has 32 heavy (non-hydrogen) atoms. The van der Waals surface area contributed by atoms with Crippen LogP contribution in [-0.2, 0) is 11.3 Å². The number of rotatable bonds is 8. The second-order valence-corrected chi connectivity index (χ2v) is 8.56. The van der Waals surface area contributed by atoms with Crippen LogP contribution in [0.3, 0.4) is 0 Å². The quantitative estimate of drug-likeness (QED) is 0.655. The van der Waals surface area contributed by atoms with Gasteiger partial charge in [0, 0.05) is 18.2 Å². The molecule has 6 heteroatoms. The van der Waals surface area contributed by atoms with Crippen molar-refractivity contribution in [3.63, 3.8) is 0 Å². The molecule has 0 spiro atoms. The minimum atomic E-state index is -0.386. The largest absolute Gasteiger partial charge is 0.493 e. The summed E-state index contributed by atoms with van der Waals surface area (Å²) < 4.78 is 11.2. The molecule has 1 aliphatic carbocycles. The molecule has 0 aromatic heterocycles. The van der Waals surface area contributed by atoms with Crippen molar-refractivity contribution in [2.75, 3.05) is 13.7 Å². The molecule has 1 aliphatic heterocycles. The molecule has 0 bridgehead atoms. The highest BCUT2D eigenvalue weighted by Crippen LogP contribution is 2.37. The molecule has 2 aliphatic rings. The fraction of sp³-hybridized carbons (Fsp3) is 0.462. The van der Waals surface area contributed by atoms with Crippen LogP contribution < -0.4 is 14.8 Å². The highest BCUT2D eigenvalue weighted by atomic mass is 16.5. The summed E-state index contributed by atoms with van der Waals surface area (Å²) in [4.78, 5) is 28.1. The van der Waals surface area contributed by atoms with Crippen molar-refractivity contribution in [1.29, 1.82) is 0 Å². The van der Waals surface area contributed by atoms with E-state index in [0.717, 1.165) is 36.8 Å². The number of hydrogen-bond acceptors (Lipinski definition) is 4. The fourth-order valence-corrected chi connectivity index (χ4v) is 4.81. The number of carbonyl (C=O) groups is 2. The third kappa shape index (κ3) is 4.74. The van der Waals surface area contributed by atoms with Gasteiger partial charge in [-0.2, -0.15) is 0 Å². The van der Waals surface area contributed by atoms with E-state index in [1.165, 1.54) is 6.42 Å². The number of benzene rings is 2. The Morgan fingerprint density at radius 2 is 1.91 bits per heavy atom. The van der Waals surface area contributed by atoms with Gasteiger partial charge in [-0.15, -0.1) is 0 Å². The minimum absolute atomic E-state index is 0.0153. The van der Waals surface area contributed by atoms with Crippen LogP contribution in [0.2, 0.25) is 0 Å². The minimum Gasteiger partial charge on any atom is -0.493 e. The van der Waals surface area contributed by atoms with E-state index in [1.807, 2.05) is 49.4 Å². The van der Waals surface area contributed by atoms with Gasteiger partial charge in [-0.25, -0.2) is 0 Å². The molecule has 1 atom stereocenters. The Bertz CT molecular complexity index is 968. The van der Waals surface area contributed by atoms with Crippen LogP contribution in [0.4, 0.5) is 0 Å². The molecule has 2 amide bonds. The summed E-state index contributed by atoms with van der Waals surface area (Å²) in [6, 6.07) is 13.2. The van der Waals surface area contributed by atoms with Crippen molar-refractivity contribution < 1.29 is 19.1 Å². The first-order valence-electron chi connectivity index (χ1n) is 11.6. The number of nitrogens with one attached hydrogen (secondary N) is 1. The van der Waals surface area contributed by atoms with E-state index in [1.54, 1.807) is 12.0 Å². The van der Waals surface area contributed by atoms with E-state index >= 15 is 0 Å². The van der Waals surface area contributed by atoms with E-state index in [-0.39, 0.29) is 30.3 Å². The number of ether oxygens (including phenoxy) is 2. The zero-order valence-electron chi connectivity index (χ0n) is 18.9. The normalized spacial score (nSPS) is 17.1. The lowest BCUT2D eigenvalue weighted by atomic mass is 9.95. The Kier molecular flexibility index (Phi) is 6.98. The molecule has 1 N–H and O–H groups in total. The SMILES string of the molecule is CCOc1ccc([C@@H](CC(=O)NC2CCCCC2)N2Cc3ccccc3C2=O)cc1OC. The second-order valence-electron chi connectivity index (χ2n) is 8.56. The van der Waals surface area contributed by atoms with E-state index in [2.05, 4.69) is 5.32 Å². The molecule has 1 saturated carbocycles. The Hall–Kier alpha value is -3.02. The van der Waals surface area contributed by atoms with Crippen molar-refractivity contribution in [2.24, 2.45) is 0 Å². The zero-order chi connectivity index (χ0) is 22.5. The lowest BCUT2D eigenvalue weighted by molar-refractivity contribution is -0.123. The van der Waals surface area contributed by atoms with Crippen molar-refractivity contribution in [3.05, 3.63) is 59.2 Å². The average molecular weight is 437 g/mol. The molecule has 2 aromatic carbocycles. The van der Waals surface area contributed by atoms with E-state index in [4.69, 9.17) is 9.47 Å². The Balaban J connectivity index is 1.61. The van der Waals surface area contributed by atoms with Crippen LogP contribution in [0, 0.1) is 0 Å². The number of amides is 2. The molecule has 6 nitrogen and oxygen atoms in total. The van der Waals surface area contributed by atoms with Crippen molar-refractivity contribution in [3.8, 4) is 11.5 Å². The predicted octanol–water partition coefficient (Wildman–Crippen LogP) is 4.63. The molecular formula is C26H32N2O4. The Morgan fingerprint density at radius 1 is 1.12 bits per heavy atom. The van der Waals surface area contributed by atoms with Crippen molar-refractivity contribution in [1.82, 2.24) is 10.2 Å². The Labute approximate surface area is 189 Å². The van der Waals surface area contributed by atoms with Crippen LogP contribution in [0.1, 0.15) is 73.0 Å². The lowest BCUT2D eigenvalue weighted by Crippen LogP contribution is -2.39. The summed E-state index contributed by atoms with van der Waals surface area (Å²) in [5.74, 6) is 1.20. The summed E-state index contributed by atoms with van der Waals surface area (Å²) in [6.07, 6.45) is 5.83. The summed E-state index contributed by atoms with van der Waals surface area (Å²) in [5, 5.41) is 3.21. The van der Waals surface area contributed by atoms with Gasteiger partial charge < -0.3 is 19.7 Å². The van der Waals surface area contributed by atoms with E-state index in [9.17, 15) is 9.59 Å². The second kappa shape index (κ2) is 10.1. The average Bonchev–Trinajstić information content (AvgIpc) is 3.15. The summed E-state index contributed by atoms with van der Waals surface area (Å²) >= 11 is 0. The molecule has 170 valence electrons. The van der Waals surface area contributed by atoms with Crippen LogP contribution >= 0.6 is 0 Å². The van der Waals surface area contributed by atoms with Gasteiger partial charge in [0.2, 0.25) is 5.91 Å². The highest BCUT2D eigenvalue weighted by molar-refractivity contribution is 5.98. The first kappa shape index (κ1) is 22.2. The number of methoxy groups -OCH3 is 1. The standard InChI is InChI=1S/C26H32N2O4/c1-3-32-23-14-13-18(15-24(23)31-2)22(16-25(29)27-20-10-5-4-6-11-20)28-17-19-9-7-8-12-21(19)26(28)30/h7-9,12-15,20,22H,3-6,10-11,16-17H2,1-2H3,(H,27,29)/t22-/m1/s1. The maximum Gasteiger partial charge on any atom is 0.255 e. The van der Waals surface area contributed by atoms with Gasteiger partial charge in [-0.05, 0) is 49.1 Å². The van der Waals surface area contributed by atoms with Gasteiger partial charge in [-0.1, -0.05) is 43.5 Å². The van der Waals surface area contributed by atoms with Crippen LogP contribution in [0.25, 0.3) is 0 Å². The van der Waals surface area contributed by atoms with Crippen LogP contribution in [0.5, 0.6) is 11.5 Å². The van der Waals surface area contributed by atoms with E-state index < -0.39 is 0 Å². The van der Waals surface area contributed by atoms with Crippen LogP contribution in [0.15, 0.2) is 42.5 Å². The third-order valence-electron chi connectivity index (χ3n) is 6.45. The van der Waals surface area contributed by atoms with E-state index in [0.29, 0.717) is 30.2 Å². The van der Waals surface area contributed by atoms with Gasteiger partial charge >= 0.3 is 0 Å². The molecule has 2 aromatic rings. The summed E-state index contributed by atoms with van der Waals surface area (Å²) in [7, 11) is 1.60. The molecular weight excluding hydrogens is 404 g/mol. The topological polar surface area (TPSA) is 67.9 Å². The molecule has 1 fully saturated rings. The van der Waals surface area contributed by atoms with Gasteiger partial charge in [0.05, 0.1) is 26.2 Å².